The number of aromatic hydroxyl groups is 1. The van der Waals surface area contributed by atoms with Crippen molar-refractivity contribution in [1.29, 1.82) is 0 Å². The molecule has 3 rings (SSSR count). The van der Waals surface area contributed by atoms with Gasteiger partial charge < -0.3 is 14.9 Å². The molecule has 0 aliphatic carbocycles. The number of hydrogen-bond donors (Lipinski definition) is 2. The maximum Gasteiger partial charge on any atom is 0.416 e. The molecule has 0 aromatic heterocycles. The van der Waals surface area contributed by atoms with Gasteiger partial charge in [0.2, 0.25) is 0 Å². The number of alkyl halides is 3. The molecule has 0 spiro atoms. The van der Waals surface area contributed by atoms with Crippen LogP contribution in [-0.2, 0) is 15.7 Å². The van der Waals surface area contributed by atoms with E-state index >= 15 is 0 Å². The molecule has 2 aromatic carbocycles. The number of aliphatic hydroxyl groups is 1. The summed E-state index contributed by atoms with van der Waals surface area (Å²) in [4.78, 5) is 16.8. The normalized spacial score (nSPS) is 17.1. The van der Waals surface area contributed by atoms with Gasteiger partial charge in [-0.2, -0.15) is 13.2 Å². The third-order valence-corrected chi connectivity index (χ3v) is 4.99. The van der Waals surface area contributed by atoms with Crippen LogP contribution < -0.4 is 0 Å². The molecule has 0 saturated carbocycles. The topological polar surface area (TPSA) is 79.1 Å². The summed E-state index contributed by atoms with van der Waals surface area (Å²) in [5.41, 5.74) is -0.486. The van der Waals surface area contributed by atoms with Gasteiger partial charge in [-0.3, -0.25) is 0 Å². The van der Waals surface area contributed by atoms with Crippen molar-refractivity contribution in [1.82, 2.24) is 0 Å². The van der Waals surface area contributed by atoms with E-state index in [1.54, 1.807) is 25.1 Å². The van der Waals surface area contributed by atoms with Gasteiger partial charge in [-0.15, -0.1) is 0 Å². The van der Waals surface area contributed by atoms with E-state index in [4.69, 9.17) is 4.74 Å². The average molecular weight is 435 g/mol. The summed E-state index contributed by atoms with van der Waals surface area (Å²) in [6.07, 6.45) is -2.97. The second kappa shape index (κ2) is 8.66. The van der Waals surface area contributed by atoms with Crippen molar-refractivity contribution in [2.24, 2.45) is 4.99 Å². The number of phenols is 1. The Labute approximate surface area is 174 Å². The van der Waals surface area contributed by atoms with Gasteiger partial charge in [-0.05, 0) is 48.9 Å². The number of carbonyl (C=O) groups is 1. The predicted octanol–water partition coefficient (Wildman–Crippen LogP) is 5.60. The lowest BCUT2D eigenvalue weighted by atomic mass is 10.1. The first-order valence-electron chi connectivity index (χ1n) is 8.74. The Hall–Kier alpha value is -3.20. The van der Waals surface area contributed by atoms with Crippen LogP contribution in [0.15, 0.2) is 69.8 Å². The lowest BCUT2D eigenvalue weighted by Gasteiger charge is -2.07. The van der Waals surface area contributed by atoms with Gasteiger partial charge >= 0.3 is 12.1 Å². The second-order valence-electron chi connectivity index (χ2n) is 6.11. The maximum absolute atomic E-state index is 13.0. The van der Waals surface area contributed by atoms with E-state index < -0.39 is 17.7 Å². The van der Waals surface area contributed by atoms with Crippen LogP contribution in [0.1, 0.15) is 18.1 Å². The first-order chi connectivity index (χ1) is 14.2. The molecule has 9 heteroatoms. The smallest absolute Gasteiger partial charge is 0.416 e. The zero-order valence-electron chi connectivity index (χ0n) is 15.6. The van der Waals surface area contributed by atoms with Gasteiger partial charge in [0, 0.05) is 0 Å². The molecular formula is C21H16F3NO4S. The number of aliphatic hydroxyl groups excluding tert-OH is 1. The number of thioether (sulfide) groups is 1. The second-order valence-corrected chi connectivity index (χ2v) is 7.14. The summed E-state index contributed by atoms with van der Waals surface area (Å²) >= 11 is 0.931. The fraction of sp³-hybridized carbons (Fsp3) is 0.143. The van der Waals surface area contributed by atoms with Gasteiger partial charge in [-0.1, -0.05) is 30.0 Å². The number of rotatable bonds is 4. The largest absolute Gasteiger partial charge is 0.508 e. The number of phenolic OH excluding ortho intramolecular Hbond substituents is 1. The van der Waals surface area contributed by atoms with Crippen LogP contribution in [0.5, 0.6) is 5.75 Å². The van der Waals surface area contributed by atoms with Crippen molar-refractivity contribution in [2.45, 2.75) is 13.1 Å². The average Bonchev–Trinajstić information content (AvgIpc) is 2.98. The van der Waals surface area contributed by atoms with E-state index in [1.807, 2.05) is 0 Å². The minimum atomic E-state index is -4.54. The summed E-state index contributed by atoms with van der Waals surface area (Å²) in [5.74, 6) is -1.14. The summed E-state index contributed by atoms with van der Waals surface area (Å²) in [6, 6.07) is 10.5. The quantitative estimate of drug-likeness (QED) is 0.611. The standard InChI is InChI=1S/C21H16F3NO4S/c1-2-29-20(28)17-18(27)16(10-12-6-8-15(26)9-7-12)30-19(17)25-14-5-3-4-13(11-14)21(22,23)24/h3-11,26-27H,2H2,1H3. The van der Waals surface area contributed by atoms with E-state index in [0.717, 1.165) is 23.9 Å². The Morgan fingerprint density at radius 2 is 1.87 bits per heavy atom. The third kappa shape index (κ3) is 4.85. The highest BCUT2D eigenvalue weighted by atomic mass is 32.2. The monoisotopic (exact) mass is 435 g/mol. The Bertz CT molecular complexity index is 1060. The summed E-state index contributed by atoms with van der Waals surface area (Å²) < 4.78 is 43.9. The van der Waals surface area contributed by atoms with E-state index in [0.29, 0.717) is 5.56 Å². The number of nitrogens with zero attached hydrogens (tertiary/aromatic N) is 1. The van der Waals surface area contributed by atoms with Crippen molar-refractivity contribution in [2.75, 3.05) is 6.61 Å². The molecule has 0 bridgehead atoms. The molecule has 30 heavy (non-hydrogen) atoms. The van der Waals surface area contributed by atoms with E-state index in [2.05, 4.69) is 4.99 Å². The van der Waals surface area contributed by atoms with Crippen LogP contribution in [0.25, 0.3) is 6.08 Å². The lowest BCUT2D eigenvalue weighted by Crippen LogP contribution is -2.13. The van der Waals surface area contributed by atoms with Crippen LogP contribution in [-0.4, -0.2) is 27.8 Å². The number of benzene rings is 2. The zero-order valence-corrected chi connectivity index (χ0v) is 16.4. The molecule has 156 valence electrons. The SMILES string of the molecule is CCOC(=O)C1=C(O)C(=Cc2ccc(O)cc2)SC1=Nc1cccc(C(F)(F)F)c1. The summed E-state index contributed by atoms with van der Waals surface area (Å²) in [5, 5.41) is 20.0. The number of esters is 1. The number of hydrogen-bond acceptors (Lipinski definition) is 6. The van der Waals surface area contributed by atoms with Gasteiger partial charge in [0.15, 0.2) is 0 Å². The number of ether oxygens (including phenoxy) is 1. The first-order valence-corrected chi connectivity index (χ1v) is 9.56. The molecule has 0 unspecified atom stereocenters. The highest BCUT2D eigenvalue weighted by Gasteiger charge is 2.34. The molecule has 0 amide bonds. The number of halogens is 3. The van der Waals surface area contributed by atoms with E-state index in [9.17, 15) is 28.2 Å². The summed E-state index contributed by atoms with van der Waals surface area (Å²) in [6.45, 7) is 1.64. The molecule has 1 aliphatic rings. The molecule has 2 N–H and O–H groups in total. The van der Waals surface area contributed by atoms with Crippen LogP contribution in [0.3, 0.4) is 0 Å². The molecule has 0 atom stereocenters. The Balaban J connectivity index is 2.04. The van der Waals surface area contributed by atoms with E-state index in [1.165, 1.54) is 24.3 Å². The number of aliphatic imine (C=N–C) groups is 1. The van der Waals surface area contributed by atoms with Crippen LogP contribution >= 0.6 is 11.8 Å². The number of carbonyl (C=O) groups excluding carboxylic acids is 1. The van der Waals surface area contributed by atoms with Crippen LogP contribution in [0.2, 0.25) is 0 Å². The Morgan fingerprint density at radius 1 is 1.17 bits per heavy atom. The molecule has 0 radical (unpaired) electrons. The van der Waals surface area contributed by atoms with Gasteiger partial charge in [0.25, 0.3) is 0 Å². The van der Waals surface area contributed by atoms with Crippen LogP contribution in [0.4, 0.5) is 18.9 Å². The highest BCUT2D eigenvalue weighted by molar-refractivity contribution is 8.18. The van der Waals surface area contributed by atoms with Gasteiger partial charge in [0.1, 0.15) is 22.1 Å². The van der Waals surface area contributed by atoms with Gasteiger partial charge in [0.05, 0.1) is 22.8 Å². The fourth-order valence-corrected chi connectivity index (χ4v) is 3.62. The Morgan fingerprint density at radius 3 is 2.50 bits per heavy atom. The lowest BCUT2D eigenvalue weighted by molar-refractivity contribution is -0.138. The van der Waals surface area contributed by atoms with Gasteiger partial charge in [-0.25, -0.2) is 9.79 Å². The van der Waals surface area contributed by atoms with Crippen molar-refractivity contribution >= 4 is 34.5 Å². The maximum atomic E-state index is 13.0. The molecule has 1 heterocycles. The minimum Gasteiger partial charge on any atom is -0.508 e. The Kier molecular flexibility index (Phi) is 6.21. The zero-order chi connectivity index (χ0) is 21.9. The fourth-order valence-electron chi connectivity index (χ4n) is 2.58. The molecule has 0 saturated heterocycles. The minimum absolute atomic E-state index is 0.0205. The molecular weight excluding hydrogens is 419 g/mol. The predicted molar refractivity (Wildman–Crippen MR) is 109 cm³/mol. The van der Waals surface area contributed by atoms with E-state index in [-0.39, 0.29) is 39.3 Å². The molecule has 1 aliphatic heterocycles. The van der Waals surface area contributed by atoms with Crippen LogP contribution in [0, 0.1) is 0 Å². The molecule has 2 aromatic rings. The summed E-state index contributed by atoms with van der Waals surface area (Å²) in [7, 11) is 0. The highest BCUT2D eigenvalue weighted by Crippen LogP contribution is 2.41. The van der Waals surface area contributed by atoms with Crippen molar-refractivity contribution in [3.63, 3.8) is 0 Å². The first kappa shape index (κ1) is 21.5. The van der Waals surface area contributed by atoms with Crippen molar-refractivity contribution in [3.05, 3.63) is 75.9 Å². The molecule has 0 fully saturated rings. The van der Waals surface area contributed by atoms with Crippen molar-refractivity contribution in [3.8, 4) is 5.75 Å². The third-order valence-electron chi connectivity index (χ3n) is 3.97. The molecule has 5 nitrogen and oxygen atoms in total. The van der Waals surface area contributed by atoms with Crippen molar-refractivity contribution < 1.29 is 32.9 Å².